The van der Waals surface area contributed by atoms with E-state index in [-0.39, 0.29) is 73.3 Å². The highest BCUT2D eigenvalue weighted by Crippen LogP contribution is 2.60. The Kier molecular flexibility index (Phi) is 11.5. The van der Waals surface area contributed by atoms with E-state index in [0.717, 1.165) is 25.7 Å². The molecular formula is C35H48F6O8S2. The van der Waals surface area contributed by atoms with Gasteiger partial charge in [-0.25, -0.2) is 9.78 Å². The van der Waals surface area contributed by atoms with Crippen molar-refractivity contribution in [2.75, 3.05) is 37.9 Å². The SMILES string of the molecule is C[C@@H]1CC[C@H]2C(COCCSSCCOCC3=C(C(F)(F)F)O[C@@H]4O[C@@H](C)CC[C@H]5C4[C@H]3CC[C@H]5C)=C(C(F)(F)F)O[C@@H]3O[C@H]4CCC1[C@]32OO4. The van der Waals surface area contributed by atoms with E-state index in [0.29, 0.717) is 43.1 Å². The van der Waals surface area contributed by atoms with Gasteiger partial charge in [-0.3, -0.25) is 0 Å². The molecule has 6 fully saturated rings. The first kappa shape index (κ1) is 38.4. The predicted octanol–water partition coefficient (Wildman–Crippen LogP) is 8.72. The van der Waals surface area contributed by atoms with Crippen molar-refractivity contribution in [2.24, 2.45) is 41.4 Å². The Morgan fingerprint density at radius 2 is 1.39 bits per heavy atom. The molecule has 16 heteroatoms. The number of alkyl halides is 6. The number of hydrogen-bond donors (Lipinski definition) is 0. The van der Waals surface area contributed by atoms with Crippen molar-refractivity contribution in [2.45, 2.75) is 115 Å². The molecule has 0 aromatic rings. The molecule has 1 spiro atoms. The Labute approximate surface area is 302 Å². The fraction of sp³-hybridized carbons (Fsp3) is 0.886. The highest BCUT2D eigenvalue weighted by atomic mass is 33.1. The molecule has 6 aliphatic heterocycles. The van der Waals surface area contributed by atoms with Crippen LogP contribution in [-0.2, 0) is 38.2 Å². The average Bonchev–Trinajstić information content (AvgIpc) is 3.44. The molecule has 8 nitrogen and oxygen atoms in total. The van der Waals surface area contributed by atoms with Crippen molar-refractivity contribution < 1.29 is 64.5 Å². The zero-order chi connectivity index (χ0) is 36.1. The molecule has 4 saturated heterocycles. The number of allylic oxidation sites excluding steroid dienone is 2. The zero-order valence-electron chi connectivity index (χ0n) is 29.1. The highest BCUT2D eigenvalue weighted by molar-refractivity contribution is 8.76. The van der Waals surface area contributed by atoms with Crippen LogP contribution in [0.4, 0.5) is 26.3 Å². The van der Waals surface area contributed by atoms with Gasteiger partial charge in [0.15, 0.2) is 11.9 Å². The fourth-order valence-corrected chi connectivity index (χ4v) is 11.6. The molecule has 290 valence electrons. The van der Waals surface area contributed by atoms with Gasteiger partial charge in [0.2, 0.25) is 24.1 Å². The molecule has 2 saturated carbocycles. The molecule has 0 radical (unpaired) electrons. The van der Waals surface area contributed by atoms with Crippen molar-refractivity contribution in [1.82, 2.24) is 0 Å². The molecule has 2 aliphatic carbocycles. The van der Waals surface area contributed by atoms with E-state index in [9.17, 15) is 26.3 Å². The van der Waals surface area contributed by atoms with Crippen LogP contribution in [-0.4, -0.2) is 80.9 Å². The molecule has 2 bridgehead atoms. The van der Waals surface area contributed by atoms with Crippen LogP contribution in [0.15, 0.2) is 22.7 Å². The molecule has 2 unspecified atom stereocenters. The molecule has 0 aromatic carbocycles. The summed E-state index contributed by atoms with van der Waals surface area (Å²) < 4.78 is 120. The van der Waals surface area contributed by atoms with Gasteiger partial charge in [-0.1, -0.05) is 35.4 Å². The number of rotatable bonds is 11. The number of ether oxygens (including phenoxy) is 6. The van der Waals surface area contributed by atoms with Gasteiger partial charge in [0.25, 0.3) is 0 Å². The third-order valence-electron chi connectivity index (χ3n) is 12.2. The molecule has 6 heterocycles. The third-order valence-corrected chi connectivity index (χ3v) is 14.6. The Morgan fingerprint density at radius 1 is 0.725 bits per heavy atom. The van der Waals surface area contributed by atoms with Crippen molar-refractivity contribution >= 4 is 21.6 Å². The van der Waals surface area contributed by atoms with E-state index >= 15 is 0 Å². The van der Waals surface area contributed by atoms with E-state index in [1.807, 2.05) is 6.92 Å². The minimum atomic E-state index is -4.72. The molecule has 12 atom stereocenters. The smallest absolute Gasteiger partial charge is 0.449 e. The maximum atomic E-state index is 14.3. The summed E-state index contributed by atoms with van der Waals surface area (Å²) in [6.45, 7) is 6.16. The number of fused-ring (bicyclic) bond motifs is 2. The van der Waals surface area contributed by atoms with Gasteiger partial charge in [0.1, 0.15) is 0 Å². The summed E-state index contributed by atoms with van der Waals surface area (Å²) in [5.74, 6) is -1.32. The molecule has 0 N–H and O–H groups in total. The first-order chi connectivity index (χ1) is 24.3. The van der Waals surface area contributed by atoms with Crippen LogP contribution in [0.3, 0.4) is 0 Å². The summed E-state index contributed by atoms with van der Waals surface area (Å²) in [6.07, 6.45) is -6.74. The second-order valence-corrected chi connectivity index (χ2v) is 17.9. The van der Waals surface area contributed by atoms with E-state index < -0.39 is 54.3 Å². The highest BCUT2D eigenvalue weighted by Gasteiger charge is 2.68. The molecule has 0 amide bonds. The van der Waals surface area contributed by atoms with Crippen LogP contribution >= 0.6 is 21.6 Å². The zero-order valence-corrected chi connectivity index (χ0v) is 30.7. The Balaban J connectivity index is 0.898. The topological polar surface area (TPSA) is 73.8 Å². The Morgan fingerprint density at radius 3 is 2.10 bits per heavy atom. The summed E-state index contributed by atoms with van der Waals surface area (Å²) >= 11 is 0. The Bertz CT molecular complexity index is 1310. The van der Waals surface area contributed by atoms with Gasteiger partial charge in [0.05, 0.1) is 32.5 Å². The quantitative estimate of drug-likeness (QED) is 0.0881. The van der Waals surface area contributed by atoms with E-state index in [2.05, 4.69) is 13.8 Å². The fourth-order valence-electron chi connectivity index (χ4n) is 9.90. The summed E-state index contributed by atoms with van der Waals surface area (Å²) in [6, 6.07) is 0. The van der Waals surface area contributed by atoms with Crippen molar-refractivity contribution in [3.8, 4) is 0 Å². The van der Waals surface area contributed by atoms with Crippen LogP contribution in [0.25, 0.3) is 0 Å². The van der Waals surface area contributed by atoms with E-state index in [1.54, 1.807) is 0 Å². The third kappa shape index (κ3) is 7.56. The minimum absolute atomic E-state index is 0.0310. The standard InChI is InChI=1S/C35H48F6O8S2/c1-18-4-7-22-23(29(34(36,37)38)46-31-28(22)21(18)8-6-20(3)44-31)16-42-12-14-50-51-15-13-43-17-24-26-9-5-19(2)25-10-11-27-45-32(33(25,26)49-48-27)47-30(24)35(39,40)41/h18-22,25-28,31-32H,4-17H2,1-3H3/t18-,19-,20+,21-,22+,25?,26+,27-,28?,31+,32+,33-/m1/s1. The van der Waals surface area contributed by atoms with Gasteiger partial charge in [-0.15, -0.1) is 0 Å². The van der Waals surface area contributed by atoms with Gasteiger partial charge < -0.3 is 28.4 Å². The monoisotopic (exact) mass is 774 g/mol. The van der Waals surface area contributed by atoms with Gasteiger partial charge in [-0.05, 0) is 75.5 Å². The lowest BCUT2D eigenvalue weighted by Gasteiger charge is -2.56. The number of halogens is 6. The molecule has 0 aromatic heterocycles. The Hall–Kier alpha value is -0.880. The molecule has 51 heavy (non-hydrogen) atoms. The van der Waals surface area contributed by atoms with Gasteiger partial charge >= 0.3 is 12.4 Å². The first-order valence-corrected chi connectivity index (χ1v) is 20.8. The minimum Gasteiger partial charge on any atom is -0.459 e. The van der Waals surface area contributed by atoms with E-state index in [1.165, 1.54) is 21.6 Å². The second kappa shape index (κ2) is 15.3. The average molecular weight is 775 g/mol. The van der Waals surface area contributed by atoms with Crippen LogP contribution in [0.1, 0.15) is 72.1 Å². The number of hydrogen-bond acceptors (Lipinski definition) is 10. The van der Waals surface area contributed by atoms with Crippen molar-refractivity contribution in [3.05, 3.63) is 22.7 Å². The molecule has 8 aliphatic rings. The molecule has 8 rings (SSSR count). The summed E-state index contributed by atoms with van der Waals surface area (Å²) in [5, 5.41) is 0. The van der Waals surface area contributed by atoms with Gasteiger partial charge in [-0.2, -0.15) is 26.3 Å². The summed E-state index contributed by atoms with van der Waals surface area (Å²) in [4.78, 5) is 11.4. The van der Waals surface area contributed by atoms with Crippen molar-refractivity contribution in [3.63, 3.8) is 0 Å². The van der Waals surface area contributed by atoms with Crippen LogP contribution in [0.2, 0.25) is 0 Å². The van der Waals surface area contributed by atoms with Crippen LogP contribution < -0.4 is 0 Å². The first-order valence-electron chi connectivity index (χ1n) is 18.3. The van der Waals surface area contributed by atoms with Gasteiger partial charge in [0, 0.05) is 46.8 Å². The molecular weight excluding hydrogens is 726 g/mol. The van der Waals surface area contributed by atoms with Crippen LogP contribution in [0.5, 0.6) is 0 Å². The normalized spacial score (nSPS) is 40.9. The predicted molar refractivity (Wildman–Crippen MR) is 175 cm³/mol. The van der Waals surface area contributed by atoms with Crippen LogP contribution in [0, 0.1) is 41.4 Å². The lowest BCUT2D eigenvalue weighted by Crippen LogP contribution is -2.66. The largest absolute Gasteiger partial charge is 0.459 e. The lowest BCUT2D eigenvalue weighted by atomic mass is 9.59. The van der Waals surface area contributed by atoms with Crippen molar-refractivity contribution in [1.29, 1.82) is 0 Å². The maximum absolute atomic E-state index is 14.3. The second-order valence-electron chi connectivity index (χ2n) is 15.2. The maximum Gasteiger partial charge on any atom is 0.449 e. The summed E-state index contributed by atoms with van der Waals surface area (Å²) in [7, 11) is 2.93. The van der Waals surface area contributed by atoms with E-state index in [4.69, 9.17) is 38.2 Å². The lowest BCUT2D eigenvalue weighted by molar-refractivity contribution is -0.528. The summed E-state index contributed by atoms with van der Waals surface area (Å²) in [5.41, 5.74) is -0.942.